The van der Waals surface area contributed by atoms with Gasteiger partial charge in [-0.25, -0.2) is 12.7 Å². The second kappa shape index (κ2) is 5.09. The van der Waals surface area contributed by atoms with E-state index in [-0.39, 0.29) is 12.0 Å². The standard InChI is InChI=1S/C9H21NO3S/c1-9(2,3)8-10(6-5-7-11)14(4,12)13/h11H,5-8H2,1-4H3. The fraction of sp³-hybridized carbons (Fsp3) is 1.00. The van der Waals surface area contributed by atoms with Gasteiger partial charge in [0.2, 0.25) is 10.0 Å². The molecule has 0 aromatic rings. The predicted octanol–water partition coefficient (Wildman–Crippen LogP) is 0.677. The molecule has 0 unspecified atom stereocenters. The third-order valence-electron chi connectivity index (χ3n) is 1.69. The number of hydrogen-bond acceptors (Lipinski definition) is 3. The van der Waals surface area contributed by atoms with Crippen molar-refractivity contribution < 1.29 is 13.5 Å². The minimum absolute atomic E-state index is 0.0240. The zero-order valence-corrected chi connectivity index (χ0v) is 10.3. The maximum atomic E-state index is 11.4. The first-order valence-corrected chi connectivity index (χ1v) is 6.57. The van der Waals surface area contributed by atoms with E-state index in [9.17, 15) is 8.42 Å². The molecule has 0 aliphatic rings. The minimum atomic E-state index is -3.15. The van der Waals surface area contributed by atoms with Crippen LogP contribution in [0.1, 0.15) is 27.2 Å². The first-order valence-electron chi connectivity index (χ1n) is 4.73. The largest absolute Gasteiger partial charge is 0.396 e. The van der Waals surface area contributed by atoms with Crippen LogP contribution in [0.2, 0.25) is 0 Å². The van der Waals surface area contributed by atoms with E-state index in [0.29, 0.717) is 19.5 Å². The van der Waals surface area contributed by atoms with Gasteiger partial charge in [0, 0.05) is 19.7 Å². The smallest absolute Gasteiger partial charge is 0.211 e. The third kappa shape index (κ3) is 6.34. The van der Waals surface area contributed by atoms with E-state index in [1.54, 1.807) is 0 Å². The molecule has 0 aliphatic heterocycles. The predicted molar refractivity (Wildman–Crippen MR) is 57.6 cm³/mol. The zero-order valence-electron chi connectivity index (χ0n) is 9.45. The fourth-order valence-corrected chi connectivity index (χ4v) is 2.22. The average molecular weight is 223 g/mol. The van der Waals surface area contributed by atoms with Crippen LogP contribution in [-0.2, 0) is 10.0 Å². The molecule has 0 heterocycles. The highest BCUT2D eigenvalue weighted by atomic mass is 32.2. The zero-order chi connectivity index (χ0) is 11.4. The number of sulfonamides is 1. The lowest BCUT2D eigenvalue weighted by Crippen LogP contribution is -2.38. The Morgan fingerprint density at radius 3 is 2.07 bits per heavy atom. The summed E-state index contributed by atoms with van der Waals surface area (Å²) < 4.78 is 24.1. The SMILES string of the molecule is CC(C)(C)CN(CCCO)S(C)(=O)=O. The molecule has 0 fully saturated rings. The molecule has 14 heavy (non-hydrogen) atoms. The van der Waals surface area contributed by atoms with Gasteiger partial charge < -0.3 is 5.11 Å². The molecule has 0 bridgehead atoms. The third-order valence-corrected chi connectivity index (χ3v) is 2.94. The van der Waals surface area contributed by atoms with Gasteiger partial charge in [-0.05, 0) is 11.8 Å². The van der Waals surface area contributed by atoms with E-state index in [1.807, 2.05) is 20.8 Å². The van der Waals surface area contributed by atoms with Crippen molar-refractivity contribution >= 4 is 10.0 Å². The highest BCUT2D eigenvalue weighted by Crippen LogP contribution is 2.17. The molecule has 0 saturated heterocycles. The van der Waals surface area contributed by atoms with Crippen molar-refractivity contribution in [2.24, 2.45) is 5.41 Å². The lowest BCUT2D eigenvalue weighted by Gasteiger charge is -2.27. The number of nitrogens with zero attached hydrogens (tertiary/aromatic N) is 1. The van der Waals surface area contributed by atoms with Gasteiger partial charge in [0.05, 0.1) is 6.26 Å². The molecule has 0 aliphatic carbocycles. The molecule has 0 aromatic heterocycles. The van der Waals surface area contributed by atoms with E-state index in [0.717, 1.165) is 0 Å². The van der Waals surface area contributed by atoms with E-state index in [4.69, 9.17) is 5.11 Å². The number of aliphatic hydroxyl groups is 1. The van der Waals surface area contributed by atoms with Crippen LogP contribution in [-0.4, -0.2) is 43.8 Å². The molecule has 0 amide bonds. The Hall–Kier alpha value is -0.130. The van der Waals surface area contributed by atoms with Crippen LogP contribution in [0.3, 0.4) is 0 Å². The fourth-order valence-electron chi connectivity index (χ4n) is 1.14. The Bertz CT molecular complexity index is 254. The molecule has 0 radical (unpaired) electrons. The van der Waals surface area contributed by atoms with Gasteiger partial charge in [-0.15, -0.1) is 0 Å². The Kier molecular flexibility index (Phi) is 5.05. The Morgan fingerprint density at radius 2 is 1.79 bits per heavy atom. The lowest BCUT2D eigenvalue weighted by atomic mass is 9.97. The van der Waals surface area contributed by atoms with E-state index < -0.39 is 10.0 Å². The van der Waals surface area contributed by atoms with Crippen LogP contribution in [0.15, 0.2) is 0 Å². The molecule has 0 atom stereocenters. The summed E-state index contributed by atoms with van der Waals surface area (Å²) in [7, 11) is -3.15. The number of aliphatic hydroxyl groups excluding tert-OH is 1. The topological polar surface area (TPSA) is 57.6 Å². The van der Waals surface area contributed by atoms with Gasteiger partial charge in [0.1, 0.15) is 0 Å². The van der Waals surface area contributed by atoms with Crippen molar-refractivity contribution in [1.82, 2.24) is 4.31 Å². The minimum Gasteiger partial charge on any atom is -0.396 e. The molecule has 1 N–H and O–H groups in total. The Balaban J connectivity index is 4.43. The molecule has 5 heteroatoms. The first kappa shape index (κ1) is 13.9. The molecule has 0 saturated carbocycles. The molecular weight excluding hydrogens is 202 g/mol. The van der Waals surface area contributed by atoms with Crippen LogP contribution in [0, 0.1) is 5.41 Å². The summed E-state index contributed by atoms with van der Waals surface area (Å²) in [5.74, 6) is 0. The monoisotopic (exact) mass is 223 g/mol. The number of rotatable bonds is 5. The van der Waals surface area contributed by atoms with Crippen molar-refractivity contribution in [3.05, 3.63) is 0 Å². The summed E-state index contributed by atoms with van der Waals surface area (Å²) in [6.07, 6.45) is 1.69. The van der Waals surface area contributed by atoms with Gasteiger partial charge in [-0.1, -0.05) is 20.8 Å². The molecular formula is C9H21NO3S. The van der Waals surface area contributed by atoms with Crippen molar-refractivity contribution in [3.8, 4) is 0 Å². The normalized spacial score (nSPS) is 13.6. The van der Waals surface area contributed by atoms with Gasteiger partial charge in [0.15, 0.2) is 0 Å². The summed E-state index contributed by atoms with van der Waals surface area (Å²) >= 11 is 0. The summed E-state index contributed by atoms with van der Waals surface area (Å²) in [6.45, 7) is 6.88. The van der Waals surface area contributed by atoms with Crippen molar-refractivity contribution in [1.29, 1.82) is 0 Å². The highest BCUT2D eigenvalue weighted by molar-refractivity contribution is 7.88. The number of hydrogen-bond donors (Lipinski definition) is 1. The van der Waals surface area contributed by atoms with E-state index >= 15 is 0 Å². The Morgan fingerprint density at radius 1 is 1.29 bits per heavy atom. The van der Waals surface area contributed by atoms with Crippen LogP contribution in [0.25, 0.3) is 0 Å². The summed E-state index contributed by atoms with van der Waals surface area (Å²) in [5, 5.41) is 8.66. The van der Waals surface area contributed by atoms with Gasteiger partial charge >= 0.3 is 0 Å². The molecule has 86 valence electrons. The quantitative estimate of drug-likeness (QED) is 0.745. The van der Waals surface area contributed by atoms with Crippen LogP contribution < -0.4 is 0 Å². The van der Waals surface area contributed by atoms with Gasteiger partial charge in [0.25, 0.3) is 0 Å². The first-order chi connectivity index (χ1) is 6.17. The summed E-state index contributed by atoms with van der Waals surface area (Å²) in [5.41, 5.74) is -0.0570. The highest BCUT2D eigenvalue weighted by Gasteiger charge is 2.22. The second-order valence-electron chi connectivity index (χ2n) is 4.73. The van der Waals surface area contributed by atoms with Crippen LogP contribution in [0.4, 0.5) is 0 Å². The van der Waals surface area contributed by atoms with Gasteiger partial charge in [-0.2, -0.15) is 0 Å². The molecule has 4 nitrogen and oxygen atoms in total. The average Bonchev–Trinajstić information content (AvgIpc) is 1.93. The van der Waals surface area contributed by atoms with Crippen molar-refractivity contribution in [2.45, 2.75) is 27.2 Å². The van der Waals surface area contributed by atoms with E-state index in [1.165, 1.54) is 10.6 Å². The lowest BCUT2D eigenvalue weighted by molar-refractivity contribution is 0.241. The van der Waals surface area contributed by atoms with Crippen molar-refractivity contribution in [2.75, 3.05) is 26.0 Å². The van der Waals surface area contributed by atoms with Crippen LogP contribution >= 0.6 is 0 Å². The molecule has 0 aromatic carbocycles. The second-order valence-corrected chi connectivity index (χ2v) is 6.72. The van der Waals surface area contributed by atoms with E-state index in [2.05, 4.69) is 0 Å². The Labute approximate surface area is 87.0 Å². The van der Waals surface area contributed by atoms with Crippen molar-refractivity contribution in [3.63, 3.8) is 0 Å². The summed E-state index contributed by atoms with van der Waals surface area (Å²) in [6, 6.07) is 0. The molecule has 0 rings (SSSR count). The summed E-state index contributed by atoms with van der Waals surface area (Å²) in [4.78, 5) is 0. The molecule has 0 spiro atoms. The maximum absolute atomic E-state index is 11.4. The van der Waals surface area contributed by atoms with Crippen LogP contribution in [0.5, 0.6) is 0 Å². The van der Waals surface area contributed by atoms with Gasteiger partial charge in [-0.3, -0.25) is 0 Å². The maximum Gasteiger partial charge on any atom is 0.211 e.